The Kier molecular flexibility index (Phi) is 5.28. The molecule has 3 rings (SSSR count). The first kappa shape index (κ1) is 17.6. The van der Waals surface area contributed by atoms with E-state index >= 15 is 0 Å². The van der Waals surface area contributed by atoms with Crippen LogP contribution in [0.5, 0.6) is 17.2 Å². The average Bonchev–Trinajstić information content (AvgIpc) is 3.06. The molecule has 0 atom stereocenters. The van der Waals surface area contributed by atoms with Crippen molar-refractivity contribution in [1.82, 2.24) is 19.9 Å². The molecule has 9 heteroatoms. The lowest BCUT2D eigenvalue weighted by Crippen LogP contribution is -1.99. The first-order valence-corrected chi connectivity index (χ1v) is 8.02. The van der Waals surface area contributed by atoms with E-state index in [0.717, 1.165) is 0 Å². The predicted molar refractivity (Wildman–Crippen MR) is 99.7 cm³/mol. The van der Waals surface area contributed by atoms with Gasteiger partial charge in [-0.2, -0.15) is 14.9 Å². The van der Waals surface area contributed by atoms with E-state index in [-0.39, 0.29) is 0 Å². The first-order valence-electron chi connectivity index (χ1n) is 7.61. The maximum atomic E-state index is 5.40. The summed E-state index contributed by atoms with van der Waals surface area (Å²) in [5.41, 5.74) is 1.34. The summed E-state index contributed by atoms with van der Waals surface area (Å²) in [6.45, 7) is 0. The van der Waals surface area contributed by atoms with Crippen molar-refractivity contribution < 1.29 is 14.2 Å². The molecule has 1 N–H and O–H groups in total. The van der Waals surface area contributed by atoms with Crippen LogP contribution in [0.15, 0.2) is 41.6 Å². The number of H-pyrrole nitrogens is 1. The highest BCUT2D eigenvalue weighted by Crippen LogP contribution is 2.33. The van der Waals surface area contributed by atoms with E-state index in [1.807, 2.05) is 18.2 Å². The van der Waals surface area contributed by atoms with Crippen LogP contribution in [0.1, 0.15) is 5.56 Å². The Morgan fingerprint density at radius 3 is 2.46 bits per heavy atom. The fraction of sp³-hybridized carbons (Fsp3) is 0.176. The maximum absolute atomic E-state index is 5.40. The Morgan fingerprint density at radius 1 is 1.08 bits per heavy atom. The smallest absolute Gasteiger partial charge is 0.216 e. The Balaban J connectivity index is 2.04. The van der Waals surface area contributed by atoms with Gasteiger partial charge in [-0.15, -0.1) is 0 Å². The van der Waals surface area contributed by atoms with Crippen LogP contribution in [0.2, 0.25) is 0 Å². The standard InChI is InChI=1S/C17H17N5O3S/c1-23-13-9-15(25-3)14(24-2)8-11(13)10-19-22-16(20-21-17(22)26)12-6-4-5-7-18-12/h4-10H,1-3H3,(H,21,26)/b19-10-. The van der Waals surface area contributed by atoms with Gasteiger partial charge in [0.25, 0.3) is 0 Å². The summed E-state index contributed by atoms with van der Waals surface area (Å²) in [6.07, 6.45) is 3.29. The van der Waals surface area contributed by atoms with Gasteiger partial charge in [0.15, 0.2) is 11.5 Å². The van der Waals surface area contributed by atoms with E-state index in [0.29, 0.717) is 39.1 Å². The Morgan fingerprint density at radius 2 is 1.81 bits per heavy atom. The average molecular weight is 371 g/mol. The molecular formula is C17H17N5O3S. The van der Waals surface area contributed by atoms with E-state index in [4.69, 9.17) is 26.4 Å². The van der Waals surface area contributed by atoms with Crippen LogP contribution in [0, 0.1) is 4.77 Å². The molecule has 0 saturated carbocycles. The van der Waals surface area contributed by atoms with Gasteiger partial charge >= 0.3 is 0 Å². The summed E-state index contributed by atoms with van der Waals surface area (Å²) in [5.74, 6) is 2.22. The molecule has 1 aromatic carbocycles. The number of benzene rings is 1. The Hall–Kier alpha value is -3.20. The second-order valence-corrected chi connectivity index (χ2v) is 5.46. The topological polar surface area (TPSA) is 86.5 Å². The van der Waals surface area contributed by atoms with Crippen molar-refractivity contribution in [3.8, 4) is 28.8 Å². The second-order valence-electron chi connectivity index (χ2n) is 5.07. The molecule has 0 radical (unpaired) electrons. The van der Waals surface area contributed by atoms with E-state index < -0.39 is 0 Å². The minimum absolute atomic E-state index is 0.348. The van der Waals surface area contributed by atoms with Crippen LogP contribution in [0.25, 0.3) is 11.5 Å². The monoisotopic (exact) mass is 371 g/mol. The molecule has 26 heavy (non-hydrogen) atoms. The van der Waals surface area contributed by atoms with Crippen LogP contribution in [-0.4, -0.2) is 47.4 Å². The van der Waals surface area contributed by atoms with Gasteiger partial charge in [-0.3, -0.25) is 4.98 Å². The lowest BCUT2D eigenvalue weighted by atomic mass is 10.2. The van der Waals surface area contributed by atoms with Crippen molar-refractivity contribution in [1.29, 1.82) is 0 Å². The number of pyridine rings is 1. The van der Waals surface area contributed by atoms with Crippen molar-refractivity contribution in [2.75, 3.05) is 21.3 Å². The SMILES string of the molecule is COc1cc(OC)c(OC)cc1/C=N\n1c(-c2ccccn2)n[nH]c1=S. The number of nitrogens with zero attached hydrogens (tertiary/aromatic N) is 4. The highest BCUT2D eigenvalue weighted by molar-refractivity contribution is 7.71. The van der Waals surface area contributed by atoms with Crippen molar-refractivity contribution >= 4 is 18.4 Å². The zero-order chi connectivity index (χ0) is 18.5. The maximum Gasteiger partial charge on any atom is 0.216 e. The van der Waals surface area contributed by atoms with E-state index in [9.17, 15) is 0 Å². The molecule has 8 nitrogen and oxygen atoms in total. The number of hydrogen-bond acceptors (Lipinski definition) is 7. The summed E-state index contributed by atoms with van der Waals surface area (Å²) in [4.78, 5) is 4.28. The molecule has 3 aromatic rings. The van der Waals surface area contributed by atoms with E-state index in [1.54, 1.807) is 45.9 Å². The number of hydrogen-bond donors (Lipinski definition) is 1. The summed E-state index contributed by atoms with van der Waals surface area (Å²) in [7, 11) is 4.70. The van der Waals surface area contributed by atoms with Crippen molar-refractivity contribution in [2.24, 2.45) is 5.10 Å². The van der Waals surface area contributed by atoms with Crippen LogP contribution >= 0.6 is 12.2 Å². The Labute approximate surface area is 155 Å². The molecule has 0 unspecified atom stereocenters. The quantitative estimate of drug-likeness (QED) is 0.530. The van der Waals surface area contributed by atoms with Gasteiger partial charge in [0.2, 0.25) is 10.6 Å². The molecular weight excluding hydrogens is 354 g/mol. The fourth-order valence-electron chi connectivity index (χ4n) is 2.33. The van der Waals surface area contributed by atoms with Gasteiger partial charge in [-0.1, -0.05) is 6.07 Å². The molecule has 0 bridgehead atoms. The van der Waals surface area contributed by atoms with Crippen molar-refractivity contribution in [2.45, 2.75) is 0 Å². The third kappa shape index (κ3) is 3.42. The second kappa shape index (κ2) is 7.79. The third-order valence-corrected chi connectivity index (χ3v) is 3.86. The predicted octanol–water partition coefficient (Wildman–Crippen LogP) is 2.91. The van der Waals surface area contributed by atoms with Gasteiger partial charge in [0.1, 0.15) is 11.4 Å². The number of aromatic amines is 1. The van der Waals surface area contributed by atoms with Gasteiger partial charge in [-0.05, 0) is 30.4 Å². The molecule has 0 fully saturated rings. The lowest BCUT2D eigenvalue weighted by Gasteiger charge is -2.11. The number of rotatable bonds is 6. The third-order valence-electron chi connectivity index (χ3n) is 3.59. The molecule has 2 heterocycles. The van der Waals surface area contributed by atoms with Crippen molar-refractivity contribution in [3.05, 3.63) is 46.9 Å². The zero-order valence-corrected chi connectivity index (χ0v) is 15.3. The summed E-state index contributed by atoms with van der Waals surface area (Å²) in [6, 6.07) is 9.02. The van der Waals surface area contributed by atoms with Crippen LogP contribution in [-0.2, 0) is 0 Å². The molecule has 0 spiro atoms. The minimum atomic E-state index is 0.348. The van der Waals surface area contributed by atoms with E-state index in [2.05, 4.69) is 20.3 Å². The molecule has 134 valence electrons. The number of aromatic nitrogens is 4. The van der Waals surface area contributed by atoms with Crippen LogP contribution in [0.3, 0.4) is 0 Å². The molecule has 2 aromatic heterocycles. The molecule has 0 amide bonds. The lowest BCUT2D eigenvalue weighted by molar-refractivity contribution is 0.349. The summed E-state index contributed by atoms with van der Waals surface area (Å²) in [5, 5.41) is 11.4. The number of nitrogens with one attached hydrogen (secondary N) is 1. The van der Waals surface area contributed by atoms with Gasteiger partial charge in [0.05, 0.1) is 27.5 Å². The number of ether oxygens (including phenoxy) is 3. The highest BCUT2D eigenvalue weighted by Gasteiger charge is 2.12. The zero-order valence-electron chi connectivity index (χ0n) is 14.5. The first-order chi connectivity index (χ1) is 12.7. The molecule has 0 aliphatic carbocycles. The summed E-state index contributed by atoms with van der Waals surface area (Å²) >= 11 is 5.27. The fourth-order valence-corrected chi connectivity index (χ4v) is 2.51. The highest BCUT2D eigenvalue weighted by atomic mass is 32.1. The molecule has 0 aliphatic rings. The largest absolute Gasteiger partial charge is 0.496 e. The van der Waals surface area contributed by atoms with E-state index in [1.165, 1.54) is 4.68 Å². The normalized spacial score (nSPS) is 10.9. The molecule has 0 saturated heterocycles. The van der Waals surface area contributed by atoms with Gasteiger partial charge in [0, 0.05) is 17.8 Å². The van der Waals surface area contributed by atoms with Crippen molar-refractivity contribution in [3.63, 3.8) is 0 Å². The summed E-state index contributed by atoms with van der Waals surface area (Å²) < 4.78 is 17.9. The van der Waals surface area contributed by atoms with Gasteiger partial charge in [-0.25, -0.2) is 5.10 Å². The number of methoxy groups -OCH3 is 3. The van der Waals surface area contributed by atoms with Crippen LogP contribution < -0.4 is 14.2 Å². The Bertz CT molecular complexity index is 982. The molecule has 0 aliphatic heterocycles. The van der Waals surface area contributed by atoms with Gasteiger partial charge < -0.3 is 14.2 Å². The minimum Gasteiger partial charge on any atom is -0.496 e. The van der Waals surface area contributed by atoms with Crippen LogP contribution in [0.4, 0.5) is 0 Å².